The summed E-state index contributed by atoms with van der Waals surface area (Å²) >= 11 is 0. The van der Waals surface area contributed by atoms with Crippen LogP contribution in [0.25, 0.3) is 0 Å². The summed E-state index contributed by atoms with van der Waals surface area (Å²) in [5.41, 5.74) is 0.500. The van der Waals surface area contributed by atoms with E-state index in [0.29, 0.717) is 19.6 Å². The average molecular weight is 352 g/mol. The Morgan fingerprint density at radius 1 is 1.16 bits per heavy atom. The third kappa shape index (κ3) is 3.44. The highest BCUT2D eigenvalue weighted by atomic mass is 19.3. The molecule has 25 heavy (non-hydrogen) atoms. The molecule has 2 atom stereocenters. The number of hydrogen-bond acceptors (Lipinski definition) is 3. The van der Waals surface area contributed by atoms with Crippen molar-refractivity contribution in [3.8, 4) is 5.75 Å². The number of benzene rings is 1. The SMILES string of the molecule is COc1ccc(N2CCCN(C(=O)[C@@H]3[C@H](C(F)F)C3(C)C)CC2)cc1. The summed E-state index contributed by atoms with van der Waals surface area (Å²) in [6.07, 6.45) is -1.59. The van der Waals surface area contributed by atoms with Gasteiger partial charge in [0.2, 0.25) is 12.3 Å². The maximum absolute atomic E-state index is 13.1. The lowest BCUT2D eigenvalue weighted by molar-refractivity contribution is -0.133. The van der Waals surface area contributed by atoms with E-state index in [1.807, 2.05) is 24.3 Å². The topological polar surface area (TPSA) is 32.8 Å². The number of halogens is 2. The van der Waals surface area contributed by atoms with Crippen LogP contribution in [0.5, 0.6) is 5.75 Å². The van der Waals surface area contributed by atoms with Crippen LogP contribution in [0.15, 0.2) is 24.3 Å². The third-order valence-corrected chi connectivity index (χ3v) is 5.69. The van der Waals surface area contributed by atoms with Crippen LogP contribution >= 0.6 is 0 Å². The van der Waals surface area contributed by atoms with Gasteiger partial charge in [-0.05, 0) is 36.1 Å². The number of alkyl halides is 2. The van der Waals surface area contributed by atoms with E-state index < -0.39 is 23.7 Å². The molecule has 1 saturated heterocycles. The largest absolute Gasteiger partial charge is 0.497 e. The number of rotatable bonds is 4. The summed E-state index contributed by atoms with van der Waals surface area (Å²) in [5.74, 6) is -0.641. The molecule has 0 unspecified atom stereocenters. The van der Waals surface area contributed by atoms with E-state index in [4.69, 9.17) is 4.74 Å². The Bertz CT molecular complexity index is 618. The summed E-state index contributed by atoms with van der Waals surface area (Å²) < 4.78 is 31.4. The molecule has 3 rings (SSSR count). The van der Waals surface area contributed by atoms with Gasteiger partial charge in [-0.1, -0.05) is 13.8 Å². The fraction of sp³-hybridized carbons (Fsp3) is 0.632. The van der Waals surface area contributed by atoms with Crippen molar-refractivity contribution >= 4 is 11.6 Å². The smallest absolute Gasteiger partial charge is 0.242 e. The van der Waals surface area contributed by atoms with E-state index in [0.717, 1.165) is 24.4 Å². The van der Waals surface area contributed by atoms with Gasteiger partial charge in [0.25, 0.3) is 0 Å². The molecule has 1 aromatic rings. The van der Waals surface area contributed by atoms with E-state index in [1.54, 1.807) is 25.9 Å². The van der Waals surface area contributed by atoms with E-state index >= 15 is 0 Å². The van der Waals surface area contributed by atoms with Crippen LogP contribution in [0.3, 0.4) is 0 Å². The number of ether oxygens (including phenoxy) is 1. The second-order valence-corrected chi connectivity index (χ2v) is 7.52. The van der Waals surface area contributed by atoms with Crippen LogP contribution in [-0.2, 0) is 4.79 Å². The maximum atomic E-state index is 13.1. The zero-order chi connectivity index (χ0) is 18.2. The number of amides is 1. The monoisotopic (exact) mass is 352 g/mol. The zero-order valence-corrected chi connectivity index (χ0v) is 15.0. The minimum atomic E-state index is -2.42. The van der Waals surface area contributed by atoms with Crippen molar-refractivity contribution in [1.29, 1.82) is 0 Å². The molecule has 1 amide bonds. The first-order valence-electron chi connectivity index (χ1n) is 8.82. The van der Waals surface area contributed by atoms with Crippen molar-refractivity contribution in [2.24, 2.45) is 17.3 Å². The lowest BCUT2D eigenvalue weighted by atomic mass is 10.1. The molecule has 6 heteroatoms. The third-order valence-electron chi connectivity index (χ3n) is 5.69. The standard InChI is InChI=1S/C19H26F2N2O2/c1-19(2)15(17(20)21)16(19)18(24)23-10-4-9-22(11-12-23)13-5-7-14(25-3)8-6-13/h5-8,15-17H,4,9-12H2,1-3H3/t15-,16+/m1/s1. The number of anilines is 1. The molecule has 1 aliphatic carbocycles. The zero-order valence-electron chi connectivity index (χ0n) is 15.0. The number of carbonyl (C=O) groups excluding carboxylic acids is 1. The van der Waals surface area contributed by atoms with Gasteiger partial charge in [0, 0.05) is 37.8 Å². The number of methoxy groups -OCH3 is 1. The Morgan fingerprint density at radius 3 is 2.40 bits per heavy atom. The van der Waals surface area contributed by atoms with Crippen LogP contribution in [0, 0.1) is 17.3 Å². The summed E-state index contributed by atoms with van der Waals surface area (Å²) in [4.78, 5) is 16.7. The van der Waals surface area contributed by atoms with Gasteiger partial charge >= 0.3 is 0 Å². The quantitative estimate of drug-likeness (QED) is 0.834. The first kappa shape index (κ1) is 18.0. The Morgan fingerprint density at radius 2 is 1.84 bits per heavy atom. The normalized spacial score (nSPS) is 25.7. The molecule has 2 aliphatic rings. The summed E-state index contributed by atoms with van der Waals surface area (Å²) in [6, 6.07) is 7.85. The van der Waals surface area contributed by atoms with Gasteiger partial charge in [-0.15, -0.1) is 0 Å². The van der Waals surface area contributed by atoms with Gasteiger partial charge in [0.15, 0.2) is 0 Å². The molecule has 0 aromatic heterocycles. The van der Waals surface area contributed by atoms with Crippen LogP contribution < -0.4 is 9.64 Å². The Labute approximate surface area is 147 Å². The molecule has 1 heterocycles. The van der Waals surface area contributed by atoms with Gasteiger partial charge in [-0.25, -0.2) is 8.78 Å². The Balaban J connectivity index is 1.62. The summed E-state index contributed by atoms with van der Waals surface area (Å²) in [7, 11) is 1.64. The first-order chi connectivity index (χ1) is 11.9. The van der Waals surface area contributed by atoms with Crippen LogP contribution in [-0.4, -0.2) is 50.5 Å². The van der Waals surface area contributed by atoms with Crippen LogP contribution in [0.2, 0.25) is 0 Å². The van der Waals surface area contributed by atoms with Gasteiger partial charge in [-0.3, -0.25) is 4.79 Å². The van der Waals surface area contributed by atoms with Crippen molar-refractivity contribution in [2.45, 2.75) is 26.7 Å². The molecule has 0 bridgehead atoms. The first-order valence-corrected chi connectivity index (χ1v) is 8.82. The van der Waals surface area contributed by atoms with Gasteiger partial charge in [0.05, 0.1) is 13.0 Å². The highest BCUT2D eigenvalue weighted by molar-refractivity contribution is 5.83. The van der Waals surface area contributed by atoms with E-state index in [-0.39, 0.29) is 5.91 Å². The molecule has 138 valence electrons. The lowest BCUT2D eigenvalue weighted by Crippen LogP contribution is -2.37. The minimum absolute atomic E-state index is 0.105. The Hall–Kier alpha value is -1.85. The maximum Gasteiger partial charge on any atom is 0.242 e. The number of hydrogen-bond donors (Lipinski definition) is 0. The van der Waals surface area contributed by atoms with Crippen molar-refractivity contribution < 1.29 is 18.3 Å². The summed E-state index contributed by atoms with van der Waals surface area (Å²) in [5, 5.41) is 0. The van der Waals surface area contributed by atoms with E-state index in [9.17, 15) is 13.6 Å². The molecule has 2 fully saturated rings. The lowest BCUT2D eigenvalue weighted by Gasteiger charge is -2.24. The second-order valence-electron chi connectivity index (χ2n) is 7.52. The molecule has 0 spiro atoms. The molecule has 1 aliphatic heterocycles. The van der Waals surface area contributed by atoms with Gasteiger partial charge in [0.1, 0.15) is 5.75 Å². The Kier molecular flexibility index (Phi) is 4.89. The molecule has 1 saturated carbocycles. The van der Waals surface area contributed by atoms with Crippen molar-refractivity contribution in [2.75, 3.05) is 38.2 Å². The highest BCUT2D eigenvalue weighted by Crippen LogP contribution is 2.61. The molecular formula is C19H26F2N2O2. The molecule has 0 N–H and O–H groups in total. The molecule has 1 aromatic carbocycles. The predicted octanol–water partition coefficient (Wildman–Crippen LogP) is 3.27. The predicted molar refractivity (Wildman–Crippen MR) is 93.2 cm³/mol. The fourth-order valence-electron chi connectivity index (χ4n) is 4.01. The average Bonchev–Trinajstić information content (AvgIpc) is 3.25. The fourth-order valence-corrected chi connectivity index (χ4v) is 4.01. The highest BCUT2D eigenvalue weighted by Gasteiger charge is 2.66. The van der Waals surface area contributed by atoms with Gasteiger partial charge in [-0.2, -0.15) is 0 Å². The van der Waals surface area contributed by atoms with E-state index in [1.165, 1.54) is 0 Å². The van der Waals surface area contributed by atoms with Crippen molar-refractivity contribution in [1.82, 2.24) is 4.90 Å². The van der Waals surface area contributed by atoms with Crippen molar-refractivity contribution in [3.05, 3.63) is 24.3 Å². The molecule has 4 nitrogen and oxygen atoms in total. The number of carbonyl (C=O) groups is 1. The number of nitrogens with zero attached hydrogens (tertiary/aromatic N) is 2. The van der Waals surface area contributed by atoms with Gasteiger partial charge < -0.3 is 14.5 Å². The summed E-state index contributed by atoms with van der Waals surface area (Å²) in [6.45, 7) is 6.32. The second kappa shape index (κ2) is 6.81. The van der Waals surface area contributed by atoms with Crippen LogP contribution in [0.4, 0.5) is 14.5 Å². The van der Waals surface area contributed by atoms with Crippen molar-refractivity contribution in [3.63, 3.8) is 0 Å². The van der Waals surface area contributed by atoms with E-state index in [2.05, 4.69) is 4.90 Å². The van der Waals surface area contributed by atoms with Crippen LogP contribution in [0.1, 0.15) is 20.3 Å². The molecule has 0 radical (unpaired) electrons. The molecular weight excluding hydrogens is 326 g/mol. The minimum Gasteiger partial charge on any atom is -0.497 e.